The molecule has 2 aromatic heterocycles. The second-order valence-electron chi connectivity index (χ2n) is 23.4. The fourth-order valence-electron chi connectivity index (χ4n) is 12.0. The summed E-state index contributed by atoms with van der Waals surface area (Å²) in [5.41, 5.74) is -1.56. The van der Waals surface area contributed by atoms with Gasteiger partial charge in [0.25, 0.3) is 0 Å². The van der Waals surface area contributed by atoms with Crippen molar-refractivity contribution in [3.05, 3.63) is 53.6 Å². The van der Waals surface area contributed by atoms with Crippen LogP contribution < -0.4 is 0 Å². The number of nitrogens with zero attached hydrogens (tertiary/aromatic N) is 8. The molecule has 6 rings (SSSR count). The first kappa shape index (κ1) is 64.9. The average Bonchev–Trinajstić information content (AvgIpc) is 4.12. The van der Waals surface area contributed by atoms with Crippen LogP contribution in [0.2, 0.25) is 0 Å². The number of hydrogen-bond donors (Lipinski definition) is 5. The molecular weight excluding hydrogens is 1040 g/mol. The minimum atomic E-state index is -1.86. The van der Waals surface area contributed by atoms with Crippen molar-refractivity contribution >= 4 is 17.7 Å². The van der Waals surface area contributed by atoms with Crippen molar-refractivity contribution < 1.29 is 67.9 Å². The molecule has 5 heterocycles. The second kappa shape index (κ2) is 27.9. The van der Waals surface area contributed by atoms with E-state index in [1.54, 1.807) is 71.1 Å². The third-order valence-electron chi connectivity index (χ3n) is 17.0. The zero-order valence-electron chi connectivity index (χ0n) is 49.2. The Morgan fingerprint density at radius 1 is 0.924 bits per heavy atom. The summed E-state index contributed by atoms with van der Waals surface area (Å²) in [5, 5.41) is 77.3. The highest BCUT2D eigenvalue weighted by Crippen LogP contribution is 2.41. The highest BCUT2D eigenvalue weighted by molar-refractivity contribution is 7.98. The third kappa shape index (κ3) is 15.3. The van der Waals surface area contributed by atoms with Crippen LogP contribution in [0.4, 0.5) is 4.39 Å². The molecule has 0 amide bonds. The van der Waals surface area contributed by atoms with Gasteiger partial charge in [0.15, 0.2) is 12.6 Å². The van der Waals surface area contributed by atoms with Gasteiger partial charge in [-0.3, -0.25) is 4.79 Å². The van der Waals surface area contributed by atoms with E-state index in [1.807, 2.05) is 68.2 Å². The van der Waals surface area contributed by atoms with Gasteiger partial charge in [0, 0.05) is 70.1 Å². The van der Waals surface area contributed by atoms with Gasteiger partial charge in [0.05, 0.1) is 64.8 Å². The molecule has 3 aromatic rings. The van der Waals surface area contributed by atoms with Crippen molar-refractivity contribution in [1.29, 1.82) is 0 Å². The molecule has 3 aliphatic heterocycles. The molecule has 3 saturated heterocycles. The molecular formula is C56H93FN8O13S. The zero-order valence-corrected chi connectivity index (χ0v) is 50.0. The van der Waals surface area contributed by atoms with Crippen LogP contribution >= 0.6 is 11.8 Å². The van der Waals surface area contributed by atoms with Gasteiger partial charge >= 0.3 is 5.97 Å². The number of cyclic esters (lactones) is 1. The number of carbonyl (C=O) groups excluding carboxylic acids is 1. The van der Waals surface area contributed by atoms with Gasteiger partial charge in [-0.15, -0.1) is 10.2 Å². The lowest BCUT2D eigenvalue weighted by Crippen LogP contribution is -2.61. The number of rotatable bonds is 19. The van der Waals surface area contributed by atoms with Gasteiger partial charge in [0.1, 0.15) is 48.8 Å². The Kier molecular flexibility index (Phi) is 22.9. The number of alkyl halides is 1. The van der Waals surface area contributed by atoms with Crippen LogP contribution in [0.15, 0.2) is 36.7 Å². The Balaban J connectivity index is 1.23. The van der Waals surface area contributed by atoms with Crippen molar-refractivity contribution in [3.8, 4) is 5.69 Å². The van der Waals surface area contributed by atoms with E-state index in [1.165, 1.54) is 25.8 Å². The van der Waals surface area contributed by atoms with E-state index >= 15 is 4.39 Å². The molecule has 23 heteroatoms. The first-order valence-corrected chi connectivity index (χ1v) is 29.2. The van der Waals surface area contributed by atoms with Crippen LogP contribution in [0.25, 0.3) is 5.69 Å². The summed E-state index contributed by atoms with van der Waals surface area (Å²) < 4.78 is 62.5. The van der Waals surface area contributed by atoms with E-state index in [-0.39, 0.29) is 25.2 Å². The predicted octanol–water partition coefficient (Wildman–Crippen LogP) is 4.84. The minimum Gasteiger partial charge on any atom is -0.459 e. The highest BCUT2D eigenvalue weighted by atomic mass is 32.2. The monoisotopic (exact) mass is 1140 g/mol. The fourth-order valence-corrected chi connectivity index (χ4v) is 12.6. The van der Waals surface area contributed by atoms with Crippen LogP contribution in [0, 0.1) is 17.8 Å². The van der Waals surface area contributed by atoms with E-state index in [4.69, 9.17) is 33.2 Å². The molecule has 448 valence electrons. The molecule has 0 bridgehead atoms. The molecule has 3 aliphatic rings. The Hall–Kier alpha value is -3.27. The number of methoxy groups -OCH3 is 2. The summed E-state index contributed by atoms with van der Waals surface area (Å²) in [5.74, 6) is -1.14. The fraction of sp³-hybridized carbons (Fsp3) is 0.804. The minimum absolute atomic E-state index is 0.0816. The zero-order chi connectivity index (χ0) is 58.3. The topological polar surface area (TPSA) is 251 Å². The number of esters is 1. The number of halogens is 1. The number of benzene rings is 1. The van der Waals surface area contributed by atoms with Crippen LogP contribution in [0.5, 0.6) is 0 Å². The van der Waals surface area contributed by atoms with Gasteiger partial charge in [-0.05, 0) is 111 Å². The standard InChI is InChI=1S/C56H93FN8O13S/c1-16-44-56(11,71)49(67)36(7)63(13)28-32(3)25-54(9,70)51(34(5)47(35(6)52(69)76-44)77-45-26-55(10,73-15)50(68)37(8)75-45)78-53-46(66)42(24-33(4)74-53)62(12)23-22-39-29-65(61-58-39)43(27-57)48(72-14)38-18-20-41(21-19-38)64-30-40(59-60-64)31-79-17-2/h18-21,29-30,32-37,42-51,53,66-68,70-71H,16-17,22-28,31H2,1-15H3/t32-,33-,34+,35-,36-,37+,42+,43-,44-,45+,46-,47+,48-,49-,50+,51-,53+,54-,55-,56-/m1/s1. The second-order valence-corrected chi connectivity index (χ2v) is 24.7. The predicted molar refractivity (Wildman–Crippen MR) is 295 cm³/mol. The molecule has 0 aliphatic carbocycles. The number of ether oxygens (including phenoxy) is 7. The smallest absolute Gasteiger partial charge is 0.311 e. The van der Waals surface area contributed by atoms with Crippen LogP contribution in [-0.2, 0) is 50.1 Å². The number of likely N-dealkylation sites (N-methyl/N-ethyl adjacent to an activating group) is 2. The summed E-state index contributed by atoms with van der Waals surface area (Å²) in [7, 11) is 6.75. The van der Waals surface area contributed by atoms with E-state index in [2.05, 4.69) is 27.5 Å². The Morgan fingerprint density at radius 2 is 1.61 bits per heavy atom. The normalized spacial score (nSPS) is 37.5. The van der Waals surface area contributed by atoms with Crippen LogP contribution in [0.3, 0.4) is 0 Å². The summed E-state index contributed by atoms with van der Waals surface area (Å²) in [6.07, 6.45) is -6.18. The Bertz CT molecular complexity index is 2350. The van der Waals surface area contributed by atoms with E-state index in [9.17, 15) is 30.3 Å². The molecule has 21 nitrogen and oxygen atoms in total. The molecule has 1 aromatic carbocycles. The summed E-state index contributed by atoms with van der Waals surface area (Å²) >= 11 is 1.77. The maximum Gasteiger partial charge on any atom is 0.311 e. The van der Waals surface area contributed by atoms with Crippen molar-refractivity contribution in [3.63, 3.8) is 0 Å². The number of thioether (sulfide) groups is 1. The van der Waals surface area contributed by atoms with Gasteiger partial charge in [-0.2, -0.15) is 11.8 Å². The van der Waals surface area contributed by atoms with Crippen molar-refractivity contribution in [2.75, 3.05) is 53.8 Å². The third-order valence-corrected chi connectivity index (χ3v) is 17.9. The van der Waals surface area contributed by atoms with Gasteiger partial charge in [0.2, 0.25) is 0 Å². The molecule has 0 saturated carbocycles. The molecule has 20 atom stereocenters. The Morgan fingerprint density at radius 3 is 2.24 bits per heavy atom. The van der Waals surface area contributed by atoms with E-state index in [0.717, 1.165) is 28.5 Å². The molecule has 0 radical (unpaired) electrons. The number of hydrogen-bond acceptors (Lipinski definition) is 20. The van der Waals surface area contributed by atoms with Crippen LogP contribution in [0.1, 0.15) is 131 Å². The summed E-state index contributed by atoms with van der Waals surface area (Å²) in [6, 6.07) is 5.64. The lowest BCUT2D eigenvalue weighted by Gasteiger charge is -2.49. The lowest BCUT2D eigenvalue weighted by atomic mass is 9.77. The largest absolute Gasteiger partial charge is 0.459 e. The van der Waals surface area contributed by atoms with Crippen molar-refractivity contribution in [2.45, 2.75) is 216 Å². The number of aromatic nitrogens is 6. The van der Waals surface area contributed by atoms with Crippen molar-refractivity contribution in [2.24, 2.45) is 17.8 Å². The number of carbonyl (C=O) groups is 1. The average molecular weight is 1140 g/mol. The van der Waals surface area contributed by atoms with Gasteiger partial charge < -0.3 is 68.5 Å². The maximum atomic E-state index is 15.0. The molecule has 5 N–H and O–H groups in total. The van der Waals surface area contributed by atoms with E-state index in [0.29, 0.717) is 31.6 Å². The van der Waals surface area contributed by atoms with Crippen molar-refractivity contribution in [1.82, 2.24) is 39.8 Å². The maximum absolute atomic E-state index is 15.0. The number of aliphatic hydroxyl groups is 5. The SMILES string of the molecule is CCSCc1cn(-c2ccc([C@@H](OC)[C@@H](CF)n3cc(CCN(C)[C@H]4C[C@@H](C)O[C@@H](O[C@@H]5[C@@H](C)[C@H](O[C@H]6C[C@@](C)(OC)[C@@H](O)[C@H](C)O6)[C@@H](C)C(=O)O[C@H](CC)[C@@](C)(O)[C@H](O)[C@@H](C)N(C)C[C@H](C)C[C@@]5(C)O)[C@@H]4O)nn3)cc2)nn1. The summed E-state index contributed by atoms with van der Waals surface area (Å²) in [4.78, 5) is 18.5. The van der Waals surface area contributed by atoms with Gasteiger partial charge in [-0.1, -0.05) is 50.3 Å². The molecule has 0 spiro atoms. The first-order chi connectivity index (χ1) is 37.2. The summed E-state index contributed by atoms with van der Waals surface area (Å²) in [6.45, 7) is 19.6. The molecule has 3 fully saturated rings. The van der Waals surface area contributed by atoms with Crippen LogP contribution in [-0.4, -0.2) is 215 Å². The van der Waals surface area contributed by atoms with E-state index < -0.39 is 127 Å². The number of aliphatic hydroxyl groups excluding tert-OH is 3. The molecule has 0 unspecified atom stereocenters. The van der Waals surface area contributed by atoms with Gasteiger partial charge in [-0.25, -0.2) is 13.8 Å². The molecule has 79 heavy (non-hydrogen) atoms. The highest BCUT2D eigenvalue weighted by Gasteiger charge is 2.53. The quantitative estimate of drug-likeness (QED) is 0.101. The first-order valence-electron chi connectivity index (χ1n) is 28.1. The lowest BCUT2D eigenvalue weighted by molar-refractivity contribution is -0.318. The Labute approximate surface area is 471 Å².